The van der Waals surface area contributed by atoms with Crippen LogP contribution in [0.4, 0.5) is 17.1 Å². The zero-order chi connectivity index (χ0) is 18.8. The monoisotopic (exact) mass is 356 g/mol. The average molecular weight is 356 g/mol. The second kappa shape index (κ2) is 6.55. The van der Waals surface area contributed by atoms with E-state index in [4.69, 9.17) is 4.42 Å². The van der Waals surface area contributed by atoms with Gasteiger partial charge in [0.05, 0.1) is 33.2 Å². The van der Waals surface area contributed by atoms with Crippen molar-refractivity contribution in [2.75, 3.05) is 5.43 Å². The summed E-state index contributed by atoms with van der Waals surface area (Å²) < 4.78 is 5.45. The number of fused-ring (bicyclic) bond motifs is 1. The highest BCUT2D eigenvalue weighted by Gasteiger charge is 2.19. The number of anilines is 1. The lowest BCUT2D eigenvalue weighted by molar-refractivity contribution is -0.393. The van der Waals surface area contributed by atoms with E-state index >= 15 is 0 Å². The number of rotatable bonds is 5. The van der Waals surface area contributed by atoms with Crippen molar-refractivity contribution in [3.63, 3.8) is 0 Å². The van der Waals surface area contributed by atoms with Crippen molar-refractivity contribution in [2.24, 2.45) is 5.10 Å². The molecule has 26 heavy (non-hydrogen) atoms. The maximum absolute atomic E-state index is 11.1. The largest absolute Gasteiger partial charge is 0.443 e. The third-order valence-electron chi connectivity index (χ3n) is 3.42. The van der Waals surface area contributed by atoms with Crippen molar-refractivity contribution in [3.8, 4) is 0 Å². The summed E-state index contributed by atoms with van der Waals surface area (Å²) in [7, 11) is 0. The van der Waals surface area contributed by atoms with Gasteiger partial charge < -0.3 is 4.42 Å². The highest BCUT2D eigenvalue weighted by molar-refractivity contribution is 5.95. The number of hydrogen-bond donors (Lipinski definition) is 1. The Morgan fingerprint density at radius 1 is 1.15 bits per heavy atom. The number of benzene rings is 1. The van der Waals surface area contributed by atoms with Crippen LogP contribution in [0, 0.1) is 34.1 Å². The predicted molar refractivity (Wildman–Crippen MR) is 92.2 cm³/mol. The number of non-ortho nitro benzene ring substituents is 1. The molecule has 0 radical (unpaired) electrons. The van der Waals surface area contributed by atoms with Crippen LogP contribution < -0.4 is 5.43 Å². The molecule has 11 nitrogen and oxygen atoms in total. The van der Waals surface area contributed by atoms with Gasteiger partial charge in [-0.3, -0.25) is 25.7 Å². The first kappa shape index (κ1) is 17.0. The normalized spacial score (nSPS) is 11.2. The Kier molecular flexibility index (Phi) is 4.27. The van der Waals surface area contributed by atoms with Gasteiger partial charge in [0.15, 0.2) is 0 Å². The molecule has 2 heterocycles. The minimum absolute atomic E-state index is 0.0160. The molecule has 0 aliphatic carbocycles. The Morgan fingerprint density at radius 2 is 1.92 bits per heavy atom. The number of nitrogens with zero attached hydrogens (tertiary/aromatic N) is 5. The van der Waals surface area contributed by atoms with Gasteiger partial charge in [-0.15, -0.1) is 0 Å². The van der Waals surface area contributed by atoms with Crippen molar-refractivity contribution in [1.29, 1.82) is 0 Å². The smallest absolute Gasteiger partial charge is 0.301 e. The molecular weight excluding hydrogens is 344 g/mol. The third-order valence-corrected chi connectivity index (χ3v) is 3.42. The van der Waals surface area contributed by atoms with Crippen molar-refractivity contribution >= 4 is 34.4 Å². The Hall–Kier alpha value is -3.89. The lowest BCUT2D eigenvalue weighted by Gasteiger charge is -2.02. The first-order chi connectivity index (χ1) is 12.3. The van der Waals surface area contributed by atoms with E-state index in [1.807, 2.05) is 0 Å². The molecular formula is C15H12N6O5. The maximum atomic E-state index is 11.1. The molecule has 0 spiro atoms. The Balaban J connectivity index is 1.92. The van der Waals surface area contributed by atoms with E-state index in [9.17, 15) is 20.2 Å². The first-order valence-electron chi connectivity index (χ1n) is 7.32. The van der Waals surface area contributed by atoms with Crippen LogP contribution in [0.5, 0.6) is 0 Å². The van der Waals surface area contributed by atoms with Gasteiger partial charge >= 0.3 is 5.69 Å². The van der Waals surface area contributed by atoms with E-state index in [-0.39, 0.29) is 11.4 Å². The van der Waals surface area contributed by atoms with Crippen molar-refractivity contribution < 1.29 is 14.3 Å². The molecule has 1 N–H and O–H groups in total. The topological polar surface area (TPSA) is 150 Å². The molecule has 0 fully saturated rings. The lowest BCUT2D eigenvalue weighted by atomic mass is 10.2. The molecule has 0 saturated carbocycles. The second-order valence-corrected chi connectivity index (χ2v) is 5.32. The summed E-state index contributed by atoms with van der Waals surface area (Å²) in [6.07, 6.45) is 1.37. The number of aromatic nitrogens is 2. The van der Waals surface area contributed by atoms with E-state index < -0.39 is 15.5 Å². The van der Waals surface area contributed by atoms with Crippen LogP contribution in [-0.2, 0) is 0 Å². The number of hydrazone groups is 1. The highest BCUT2D eigenvalue weighted by atomic mass is 16.6. The molecule has 3 rings (SSSR count). The molecule has 0 aliphatic rings. The van der Waals surface area contributed by atoms with Crippen LogP contribution in [0.2, 0.25) is 0 Å². The van der Waals surface area contributed by atoms with E-state index in [1.165, 1.54) is 12.3 Å². The van der Waals surface area contributed by atoms with Gasteiger partial charge in [-0.2, -0.15) is 10.1 Å². The molecule has 0 saturated heterocycles. The number of nitrogens with one attached hydrogen (secondary N) is 1. The summed E-state index contributed by atoms with van der Waals surface area (Å²) >= 11 is 0. The predicted octanol–water partition coefficient (Wildman–Crippen LogP) is 3.10. The Morgan fingerprint density at radius 3 is 2.62 bits per heavy atom. The molecule has 132 valence electrons. The van der Waals surface area contributed by atoms with E-state index in [0.29, 0.717) is 28.4 Å². The minimum atomic E-state index is -0.725. The molecule has 0 unspecified atom stereocenters. The van der Waals surface area contributed by atoms with E-state index in [0.717, 1.165) is 12.1 Å². The van der Waals surface area contributed by atoms with Gasteiger partial charge in [0, 0.05) is 6.07 Å². The van der Waals surface area contributed by atoms with Crippen molar-refractivity contribution in [3.05, 3.63) is 61.8 Å². The van der Waals surface area contributed by atoms with Gasteiger partial charge in [0.1, 0.15) is 17.3 Å². The van der Waals surface area contributed by atoms with Gasteiger partial charge in [-0.05, 0) is 26.0 Å². The Labute approximate surface area is 145 Å². The van der Waals surface area contributed by atoms with Crippen LogP contribution in [0.25, 0.3) is 11.1 Å². The fraction of sp³-hybridized carbons (Fsp3) is 0.133. The number of hydrogen-bond acceptors (Lipinski definition) is 9. The second-order valence-electron chi connectivity index (χ2n) is 5.32. The van der Waals surface area contributed by atoms with Gasteiger partial charge in [-0.1, -0.05) is 0 Å². The number of nitro benzene ring substituents is 2. The van der Waals surface area contributed by atoms with Crippen molar-refractivity contribution in [1.82, 2.24) is 9.97 Å². The fourth-order valence-corrected chi connectivity index (χ4v) is 2.32. The summed E-state index contributed by atoms with van der Waals surface area (Å²) in [6, 6.07) is 4.99. The minimum Gasteiger partial charge on any atom is -0.443 e. The molecule has 0 aliphatic heterocycles. The number of nitro groups is 2. The molecule has 2 aromatic heterocycles. The summed E-state index contributed by atoms with van der Waals surface area (Å²) in [5.41, 5.74) is 2.58. The van der Waals surface area contributed by atoms with Gasteiger partial charge in [0.2, 0.25) is 5.71 Å². The van der Waals surface area contributed by atoms with Crippen LogP contribution in [-0.4, -0.2) is 26.0 Å². The molecule has 0 amide bonds. The fourth-order valence-electron chi connectivity index (χ4n) is 2.32. The molecule has 1 aromatic carbocycles. The molecule has 3 aromatic rings. The number of furan rings is 1. The zero-order valence-electron chi connectivity index (χ0n) is 13.7. The third kappa shape index (κ3) is 3.31. The quantitative estimate of drug-likeness (QED) is 0.416. The summed E-state index contributed by atoms with van der Waals surface area (Å²) in [6.45, 7) is 3.47. The maximum Gasteiger partial charge on any atom is 0.301 e. The summed E-state index contributed by atoms with van der Waals surface area (Å²) in [4.78, 5) is 28.9. The Bertz CT molecular complexity index is 1060. The SMILES string of the molecule is Cc1nc(C=NNc2ccc([N+](=O)[O-])cc2[N+](=O)[O-])c2cc(C)oc2n1. The standard InChI is InChI=1S/C15H12N6O5/c1-8-5-11-13(17-9(2)18-15(11)26-8)7-16-19-12-4-3-10(20(22)23)6-14(12)21(24)25/h3-7,19H,1-2H3. The van der Waals surface area contributed by atoms with Gasteiger partial charge in [-0.25, -0.2) is 4.98 Å². The first-order valence-corrected chi connectivity index (χ1v) is 7.32. The molecule has 0 bridgehead atoms. The van der Waals surface area contributed by atoms with Crippen molar-refractivity contribution in [2.45, 2.75) is 13.8 Å². The highest BCUT2D eigenvalue weighted by Crippen LogP contribution is 2.29. The number of aryl methyl sites for hydroxylation is 2. The summed E-state index contributed by atoms with van der Waals surface area (Å²) in [5, 5.41) is 26.5. The van der Waals surface area contributed by atoms with Crippen LogP contribution in [0.1, 0.15) is 17.3 Å². The van der Waals surface area contributed by atoms with E-state index in [1.54, 1.807) is 19.9 Å². The lowest BCUT2D eigenvalue weighted by Crippen LogP contribution is -2.00. The molecule has 11 heteroatoms. The van der Waals surface area contributed by atoms with Crippen LogP contribution in [0.3, 0.4) is 0 Å². The van der Waals surface area contributed by atoms with Crippen LogP contribution >= 0.6 is 0 Å². The van der Waals surface area contributed by atoms with Gasteiger partial charge in [0.25, 0.3) is 5.69 Å². The van der Waals surface area contributed by atoms with E-state index in [2.05, 4.69) is 20.5 Å². The average Bonchev–Trinajstić information content (AvgIpc) is 2.94. The molecule has 0 atom stereocenters. The zero-order valence-corrected chi connectivity index (χ0v) is 13.7. The van der Waals surface area contributed by atoms with Crippen LogP contribution in [0.15, 0.2) is 33.8 Å². The summed E-state index contributed by atoms with van der Waals surface area (Å²) in [5.74, 6) is 1.14.